The number of carboxylic acid groups (broad SMARTS) is 1. The van der Waals surface area contributed by atoms with E-state index in [4.69, 9.17) is 18.9 Å². The van der Waals surface area contributed by atoms with Gasteiger partial charge in [0.1, 0.15) is 0 Å². The lowest BCUT2D eigenvalue weighted by molar-refractivity contribution is -0.301. The largest absolute Gasteiger partial charge is 0.549 e. The Balaban J connectivity index is 2.38. The summed E-state index contributed by atoms with van der Waals surface area (Å²) in [6.45, 7) is 6.68. The van der Waals surface area contributed by atoms with Crippen LogP contribution in [-0.2, 0) is 14.3 Å². The molecule has 2 rings (SSSR count). The molecular weight excluding hydrogens is 400 g/mol. The number of hydrogen-bond acceptors (Lipinski definition) is 9. The van der Waals surface area contributed by atoms with Gasteiger partial charge in [-0.1, -0.05) is 6.07 Å². The first-order valence-electron chi connectivity index (χ1n) is 8.81. The maximum atomic E-state index is 11.9. The zero-order valence-electron chi connectivity index (χ0n) is 16.4. The van der Waals surface area contributed by atoms with Gasteiger partial charge in [-0.2, -0.15) is 0 Å². The van der Waals surface area contributed by atoms with Crippen LogP contribution >= 0.6 is 11.8 Å². The predicted molar refractivity (Wildman–Crippen MR) is 104 cm³/mol. The van der Waals surface area contributed by atoms with E-state index >= 15 is 0 Å². The summed E-state index contributed by atoms with van der Waals surface area (Å²) in [4.78, 5) is 35.2. The minimum atomic E-state index is -1.18. The molecule has 0 saturated heterocycles. The van der Waals surface area contributed by atoms with Crippen LogP contribution in [0.5, 0.6) is 11.5 Å². The Morgan fingerprint density at radius 3 is 1.86 bits per heavy atom. The molecule has 0 N–H and O–H groups in total. The Morgan fingerprint density at radius 2 is 1.38 bits per heavy atom. The van der Waals surface area contributed by atoms with Gasteiger partial charge < -0.3 is 28.8 Å². The predicted octanol–water partition coefficient (Wildman–Crippen LogP) is 3.53. The molecule has 0 aromatic heterocycles. The van der Waals surface area contributed by atoms with Crippen molar-refractivity contribution in [2.45, 2.75) is 44.8 Å². The number of aliphatic carboxylic acids is 1. The molecule has 29 heavy (non-hydrogen) atoms. The van der Waals surface area contributed by atoms with Crippen LogP contribution in [0.15, 0.2) is 35.2 Å². The Hall–Kier alpha value is -2.94. The molecular formula is C20H21O8S-. The van der Waals surface area contributed by atoms with E-state index < -0.39 is 24.4 Å². The lowest BCUT2D eigenvalue weighted by atomic mass is 10.1. The van der Waals surface area contributed by atoms with Gasteiger partial charge in [0.15, 0.2) is 11.5 Å². The zero-order chi connectivity index (χ0) is 21.6. The van der Waals surface area contributed by atoms with Gasteiger partial charge in [-0.05, 0) is 62.7 Å². The second-order valence-corrected chi connectivity index (χ2v) is 7.55. The van der Waals surface area contributed by atoms with Gasteiger partial charge in [0.2, 0.25) is 0 Å². The smallest absolute Gasteiger partial charge is 0.514 e. The van der Waals surface area contributed by atoms with Crippen molar-refractivity contribution in [1.29, 1.82) is 0 Å². The number of carbonyl (C=O) groups excluding carboxylic acids is 3. The van der Waals surface area contributed by atoms with Gasteiger partial charge >= 0.3 is 12.3 Å². The average molecular weight is 421 g/mol. The van der Waals surface area contributed by atoms with Crippen molar-refractivity contribution in [2.24, 2.45) is 0 Å². The molecule has 0 saturated carbocycles. The highest BCUT2D eigenvalue weighted by Gasteiger charge is 2.18. The SMILES string of the molecule is CC(C)OC(=O)Oc1cc2ccc(SCC(=O)[O-])cc2cc1OC(=O)OC(C)C. The fraction of sp³-hybridized carbons (Fsp3) is 0.350. The highest BCUT2D eigenvalue weighted by molar-refractivity contribution is 8.00. The lowest BCUT2D eigenvalue weighted by Crippen LogP contribution is -2.24. The van der Waals surface area contributed by atoms with Crippen molar-refractivity contribution >= 4 is 40.8 Å². The van der Waals surface area contributed by atoms with Crippen LogP contribution in [0.1, 0.15) is 27.7 Å². The van der Waals surface area contributed by atoms with E-state index in [-0.39, 0.29) is 23.4 Å². The quantitative estimate of drug-likeness (QED) is 0.376. The molecule has 0 amide bonds. The summed E-state index contributed by atoms with van der Waals surface area (Å²) in [6.07, 6.45) is -2.68. The molecule has 0 bridgehead atoms. The molecule has 0 fully saturated rings. The van der Waals surface area contributed by atoms with Crippen molar-refractivity contribution < 1.29 is 38.4 Å². The number of carboxylic acids is 1. The van der Waals surface area contributed by atoms with Crippen LogP contribution in [-0.4, -0.2) is 36.2 Å². The highest BCUT2D eigenvalue weighted by Crippen LogP contribution is 2.35. The second-order valence-electron chi connectivity index (χ2n) is 6.51. The van der Waals surface area contributed by atoms with Gasteiger partial charge in [-0.15, -0.1) is 11.8 Å². The monoisotopic (exact) mass is 421 g/mol. The number of benzene rings is 2. The number of fused-ring (bicyclic) bond motifs is 1. The van der Waals surface area contributed by atoms with Crippen molar-refractivity contribution in [3.8, 4) is 11.5 Å². The summed E-state index contributed by atoms with van der Waals surface area (Å²) < 4.78 is 20.3. The van der Waals surface area contributed by atoms with E-state index in [0.717, 1.165) is 11.8 Å². The second kappa shape index (κ2) is 10.0. The van der Waals surface area contributed by atoms with Crippen LogP contribution in [0.25, 0.3) is 10.8 Å². The molecule has 0 spiro atoms. The van der Waals surface area contributed by atoms with Gasteiger partial charge in [0.05, 0.1) is 18.2 Å². The summed E-state index contributed by atoms with van der Waals surface area (Å²) in [7, 11) is 0. The maximum absolute atomic E-state index is 11.9. The van der Waals surface area contributed by atoms with E-state index in [0.29, 0.717) is 15.7 Å². The number of carbonyl (C=O) groups is 3. The van der Waals surface area contributed by atoms with Gasteiger partial charge in [0, 0.05) is 10.6 Å². The molecule has 0 aliphatic carbocycles. The first-order valence-corrected chi connectivity index (χ1v) is 9.80. The third kappa shape index (κ3) is 7.19. The standard InChI is InChI=1S/C20H22O8S/c1-11(2)25-19(23)27-16-8-13-5-6-15(29-10-18(21)22)7-14(13)9-17(16)28-20(24)26-12(3)4/h5-9,11-12H,10H2,1-4H3,(H,21,22)/p-1. The van der Waals surface area contributed by atoms with Gasteiger partial charge in [0.25, 0.3) is 0 Å². The highest BCUT2D eigenvalue weighted by atomic mass is 32.2. The summed E-state index contributed by atoms with van der Waals surface area (Å²) in [5.41, 5.74) is 0. The van der Waals surface area contributed by atoms with Crippen molar-refractivity contribution in [3.05, 3.63) is 30.3 Å². The molecule has 0 atom stereocenters. The minimum Gasteiger partial charge on any atom is -0.549 e. The summed E-state index contributed by atoms with van der Waals surface area (Å²) in [6, 6.07) is 8.18. The molecule has 0 radical (unpaired) electrons. The molecule has 0 heterocycles. The fourth-order valence-electron chi connectivity index (χ4n) is 2.24. The number of hydrogen-bond donors (Lipinski definition) is 0. The van der Waals surface area contributed by atoms with Crippen LogP contribution < -0.4 is 14.6 Å². The Bertz CT molecular complexity index is 907. The third-order valence-corrected chi connectivity index (χ3v) is 4.25. The molecule has 0 unspecified atom stereocenters. The van der Waals surface area contributed by atoms with Crippen molar-refractivity contribution in [3.63, 3.8) is 0 Å². The summed E-state index contributed by atoms with van der Waals surface area (Å²) >= 11 is 1.09. The van der Waals surface area contributed by atoms with Crippen LogP contribution in [0, 0.1) is 0 Å². The lowest BCUT2D eigenvalue weighted by Gasteiger charge is -2.14. The molecule has 2 aromatic carbocycles. The molecule has 0 aliphatic rings. The third-order valence-electron chi connectivity index (χ3n) is 3.28. The maximum Gasteiger partial charge on any atom is 0.514 e. The van der Waals surface area contributed by atoms with Crippen LogP contribution in [0.4, 0.5) is 9.59 Å². The normalized spacial score (nSPS) is 10.8. The Morgan fingerprint density at radius 1 is 0.862 bits per heavy atom. The van der Waals surface area contributed by atoms with Gasteiger partial charge in [-0.3, -0.25) is 0 Å². The summed E-state index contributed by atoms with van der Waals surface area (Å²) in [5.74, 6) is -1.43. The first kappa shape index (κ1) is 22.4. The summed E-state index contributed by atoms with van der Waals surface area (Å²) in [5, 5.41) is 12.0. The Labute approximate surface area is 172 Å². The van der Waals surface area contributed by atoms with Gasteiger partial charge in [-0.25, -0.2) is 9.59 Å². The average Bonchev–Trinajstić information content (AvgIpc) is 2.58. The molecule has 8 nitrogen and oxygen atoms in total. The molecule has 0 aliphatic heterocycles. The molecule has 9 heteroatoms. The fourth-order valence-corrected chi connectivity index (χ4v) is 2.90. The topological polar surface area (TPSA) is 111 Å². The minimum absolute atomic E-state index is 0.0148. The first-order chi connectivity index (χ1) is 13.6. The van der Waals surface area contributed by atoms with E-state index in [1.165, 1.54) is 12.1 Å². The van der Waals surface area contributed by atoms with Crippen LogP contribution in [0.3, 0.4) is 0 Å². The number of thioether (sulfide) groups is 1. The number of rotatable bonds is 7. The zero-order valence-corrected chi connectivity index (χ0v) is 17.2. The van der Waals surface area contributed by atoms with Crippen LogP contribution in [0.2, 0.25) is 0 Å². The van der Waals surface area contributed by atoms with E-state index in [2.05, 4.69) is 0 Å². The molecule has 2 aromatic rings. The van der Waals surface area contributed by atoms with E-state index in [1.54, 1.807) is 45.9 Å². The van der Waals surface area contributed by atoms with Crippen molar-refractivity contribution in [1.82, 2.24) is 0 Å². The Kier molecular flexibility index (Phi) is 7.72. The van der Waals surface area contributed by atoms with E-state index in [9.17, 15) is 19.5 Å². The number of ether oxygens (including phenoxy) is 4. The van der Waals surface area contributed by atoms with E-state index in [1.807, 2.05) is 0 Å². The molecule has 156 valence electrons. The van der Waals surface area contributed by atoms with Crippen molar-refractivity contribution in [2.75, 3.05) is 5.75 Å².